The van der Waals surface area contributed by atoms with Crippen molar-refractivity contribution < 1.29 is 0 Å². The lowest BCUT2D eigenvalue weighted by molar-refractivity contribution is 0.359. The van der Waals surface area contributed by atoms with Gasteiger partial charge >= 0.3 is 0 Å². The number of nitrogens with one attached hydrogen (secondary N) is 1. The molecule has 1 fully saturated rings. The second-order valence-corrected chi connectivity index (χ2v) is 4.73. The molecule has 0 saturated heterocycles. The van der Waals surface area contributed by atoms with Crippen LogP contribution in [0.3, 0.4) is 0 Å². The van der Waals surface area contributed by atoms with E-state index in [0.29, 0.717) is 6.04 Å². The molecule has 1 N–H and O–H groups in total. The average molecular weight is 183 g/mol. The molecule has 2 atom stereocenters. The molecule has 0 heterocycles. The fourth-order valence-corrected chi connectivity index (χ4v) is 2.12. The summed E-state index contributed by atoms with van der Waals surface area (Å²) in [7, 11) is 0. The van der Waals surface area contributed by atoms with Crippen molar-refractivity contribution in [2.45, 2.75) is 58.9 Å². The lowest BCUT2D eigenvalue weighted by Gasteiger charge is -2.21. The van der Waals surface area contributed by atoms with Gasteiger partial charge in [-0.25, -0.2) is 0 Å². The minimum Gasteiger partial charge on any atom is -0.314 e. The summed E-state index contributed by atoms with van der Waals surface area (Å²) in [5.74, 6) is 1.80. The van der Waals surface area contributed by atoms with E-state index in [-0.39, 0.29) is 0 Å². The Balaban J connectivity index is 2.10. The van der Waals surface area contributed by atoms with E-state index in [1.807, 2.05) is 0 Å². The van der Waals surface area contributed by atoms with Crippen molar-refractivity contribution in [3.05, 3.63) is 0 Å². The monoisotopic (exact) mass is 183 g/mol. The topological polar surface area (TPSA) is 12.0 Å². The Morgan fingerprint density at radius 2 is 1.85 bits per heavy atom. The van der Waals surface area contributed by atoms with Gasteiger partial charge in [-0.2, -0.15) is 0 Å². The van der Waals surface area contributed by atoms with E-state index in [1.54, 1.807) is 0 Å². The molecule has 0 spiro atoms. The maximum atomic E-state index is 3.68. The molecule has 1 aliphatic carbocycles. The molecule has 0 radical (unpaired) electrons. The SMILES string of the molecule is CCC(C)C(C)NCC1CCCC1. The normalized spacial score (nSPS) is 23.3. The number of hydrogen-bond acceptors (Lipinski definition) is 1. The second kappa shape index (κ2) is 5.64. The molecule has 0 aromatic rings. The average Bonchev–Trinajstić information content (AvgIpc) is 2.65. The summed E-state index contributed by atoms with van der Waals surface area (Å²) in [5.41, 5.74) is 0. The van der Waals surface area contributed by atoms with Crippen LogP contribution in [0.15, 0.2) is 0 Å². The van der Waals surface area contributed by atoms with Gasteiger partial charge < -0.3 is 5.32 Å². The van der Waals surface area contributed by atoms with E-state index in [2.05, 4.69) is 26.1 Å². The van der Waals surface area contributed by atoms with Crippen LogP contribution in [0.25, 0.3) is 0 Å². The molecular formula is C12H25N. The first kappa shape index (κ1) is 11.0. The Kier molecular flexibility index (Phi) is 4.79. The molecule has 13 heavy (non-hydrogen) atoms. The summed E-state index contributed by atoms with van der Waals surface area (Å²) >= 11 is 0. The highest BCUT2D eigenvalue weighted by atomic mass is 14.9. The van der Waals surface area contributed by atoms with Gasteiger partial charge in [0.15, 0.2) is 0 Å². The highest BCUT2D eigenvalue weighted by Gasteiger charge is 2.16. The van der Waals surface area contributed by atoms with E-state index in [1.165, 1.54) is 38.6 Å². The van der Waals surface area contributed by atoms with Gasteiger partial charge in [0.1, 0.15) is 0 Å². The van der Waals surface area contributed by atoms with Crippen LogP contribution in [0.4, 0.5) is 0 Å². The first-order valence-corrected chi connectivity index (χ1v) is 5.97. The smallest absolute Gasteiger partial charge is 0.00643 e. The van der Waals surface area contributed by atoms with E-state index in [9.17, 15) is 0 Å². The predicted octanol–water partition coefficient (Wildman–Crippen LogP) is 3.20. The van der Waals surface area contributed by atoms with Crippen molar-refractivity contribution in [2.75, 3.05) is 6.54 Å². The van der Waals surface area contributed by atoms with E-state index in [4.69, 9.17) is 0 Å². The van der Waals surface area contributed by atoms with Crippen LogP contribution >= 0.6 is 0 Å². The lowest BCUT2D eigenvalue weighted by atomic mass is 10.00. The fraction of sp³-hybridized carbons (Fsp3) is 1.00. The van der Waals surface area contributed by atoms with Gasteiger partial charge in [0.2, 0.25) is 0 Å². The molecule has 0 aromatic heterocycles. The molecule has 1 rings (SSSR count). The van der Waals surface area contributed by atoms with Gasteiger partial charge in [0.25, 0.3) is 0 Å². The Morgan fingerprint density at radius 3 is 2.38 bits per heavy atom. The van der Waals surface area contributed by atoms with Gasteiger partial charge in [-0.15, -0.1) is 0 Å². The first-order valence-electron chi connectivity index (χ1n) is 5.97. The van der Waals surface area contributed by atoms with Crippen molar-refractivity contribution in [1.82, 2.24) is 5.32 Å². The van der Waals surface area contributed by atoms with E-state index < -0.39 is 0 Å². The third-order valence-corrected chi connectivity index (χ3v) is 3.70. The van der Waals surface area contributed by atoms with Crippen molar-refractivity contribution in [2.24, 2.45) is 11.8 Å². The molecule has 0 aromatic carbocycles. The zero-order chi connectivity index (χ0) is 9.68. The Labute approximate surface area is 83.3 Å². The van der Waals surface area contributed by atoms with E-state index >= 15 is 0 Å². The predicted molar refractivity (Wildman–Crippen MR) is 58.9 cm³/mol. The third kappa shape index (κ3) is 3.68. The second-order valence-electron chi connectivity index (χ2n) is 4.73. The van der Waals surface area contributed by atoms with Crippen molar-refractivity contribution in [3.8, 4) is 0 Å². The Morgan fingerprint density at radius 1 is 1.23 bits per heavy atom. The molecule has 2 unspecified atom stereocenters. The van der Waals surface area contributed by atoms with Gasteiger partial charge in [-0.05, 0) is 38.1 Å². The quantitative estimate of drug-likeness (QED) is 0.690. The molecule has 0 amide bonds. The van der Waals surface area contributed by atoms with Gasteiger partial charge in [0.05, 0.1) is 0 Å². The molecule has 0 aliphatic heterocycles. The zero-order valence-corrected chi connectivity index (χ0v) is 9.47. The minimum atomic E-state index is 0.700. The standard InChI is InChI=1S/C12H25N/c1-4-10(2)11(3)13-9-12-7-5-6-8-12/h10-13H,4-9H2,1-3H3. The maximum absolute atomic E-state index is 3.68. The zero-order valence-electron chi connectivity index (χ0n) is 9.47. The molecule has 1 aliphatic rings. The minimum absolute atomic E-state index is 0.700. The van der Waals surface area contributed by atoms with Crippen LogP contribution < -0.4 is 5.32 Å². The largest absolute Gasteiger partial charge is 0.314 e. The molecule has 1 saturated carbocycles. The fourth-order valence-electron chi connectivity index (χ4n) is 2.12. The van der Waals surface area contributed by atoms with Crippen molar-refractivity contribution in [1.29, 1.82) is 0 Å². The lowest BCUT2D eigenvalue weighted by Crippen LogP contribution is -2.35. The highest BCUT2D eigenvalue weighted by molar-refractivity contribution is 4.73. The molecule has 0 bridgehead atoms. The number of hydrogen-bond donors (Lipinski definition) is 1. The van der Waals surface area contributed by atoms with Crippen LogP contribution in [0, 0.1) is 11.8 Å². The van der Waals surface area contributed by atoms with Crippen LogP contribution in [-0.2, 0) is 0 Å². The van der Waals surface area contributed by atoms with Crippen molar-refractivity contribution >= 4 is 0 Å². The summed E-state index contributed by atoms with van der Waals surface area (Å²) < 4.78 is 0. The molecule has 1 heteroatoms. The van der Waals surface area contributed by atoms with Gasteiger partial charge in [-0.1, -0.05) is 33.1 Å². The van der Waals surface area contributed by atoms with Gasteiger partial charge in [0, 0.05) is 6.04 Å². The van der Waals surface area contributed by atoms with Crippen LogP contribution in [0.2, 0.25) is 0 Å². The molecule has 1 nitrogen and oxygen atoms in total. The van der Waals surface area contributed by atoms with Crippen LogP contribution in [-0.4, -0.2) is 12.6 Å². The summed E-state index contributed by atoms with van der Waals surface area (Å²) in [4.78, 5) is 0. The Bertz CT molecular complexity index is 127. The Hall–Kier alpha value is -0.0400. The highest BCUT2D eigenvalue weighted by Crippen LogP contribution is 2.24. The van der Waals surface area contributed by atoms with Gasteiger partial charge in [-0.3, -0.25) is 0 Å². The van der Waals surface area contributed by atoms with Crippen LogP contribution in [0.5, 0.6) is 0 Å². The first-order chi connectivity index (χ1) is 6.24. The molecule has 78 valence electrons. The summed E-state index contributed by atoms with van der Waals surface area (Å²) in [5, 5.41) is 3.68. The number of rotatable bonds is 5. The van der Waals surface area contributed by atoms with Crippen LogP contribution in [0.1, 0.15) is 52.9 Å². The van der Waals surface area contributed by atoms with Crippen molar-refractivity contribution in [3.63, 3.8) is 0 Å². The van der Waals surface area contributed by atoms with E-state index in [0.717, 1.165) is 11.8 Å². The molecular weight excluding hydrogens is 158 g/mol. The summed E-state index contributed by atoms with van der Waals surface area (Å²) in [6.45, 7) is 8.19. The summed E-state index contributed by atoms with van der Waals surface area (Å²) in [6.07, 6.45) is 7.13. The summed E-state index contributed by atoms with van der Waals surface area (Å²) in [6, 6.07) is 0.700. The third-order valence-electron chi connectivity index (χ3n) is 3.70. The maximum Gasteiger partial charge on any atom is 0.00643 e.